The number of alkyl halides is 4. The van der Waals surface area contributed by atoms with Gasteiger partial charge in [0.1, 0.15) is 23.9 Å². The van der Waals surface area contributed by atoms with Gasteiger partial charge in [-0.3, -0.25) is 9.88 Å². The number of rotatable bonds is 6. The molecule has 4 rings (SSSR count). The van der Waals surface area contributed by atoms with E-state index in [-0.39, 0.29) is 35.4 Å². The zero-order chi connectivity index (χ0) is 32.4. The largest absolute Gasteiger partial charge is 0.447 e. The minimum absolute atomic E-state index is 0.0947. The number of ether oxygens (including phenoxy) is 1. The predicted octanol–water partition coefficient (Wildman–Crippen LogP) is 6.44. The summed E-state index contributed by atoms with van der Waals surface area (Å²) in [5.74, 6) is 5.63. The number of likely N-dealkylation sites (tertiary alicyclic amines) is 1. The molecular formula is C30H36F4N5O3PS. The molecule has 1 fully saturated rings. The quantitative estimate of drug-likeness (QED) is 0.142. The molecule has 0 saturated carbocycles. The van der Waals surface area contributed by atoms with Crippen LogP contribution in [-0.2, 0) is 9.30 Å². The van der Waals surface area contributed by atoms with E-state index in [4.69, 9.17) is 4.74 Å². The van der Waals surface area contributed by atoms with Crippen LogP contribution in [0, 0.1) is 11.8 Å². The van der Waals surface area contributed by atoms with Crippen molar-refractivity contribution in [2.75, 3.05) is 50.2 Å². The second-order valence-corrected chi connectivity index (χ2v) is 16.2. The summed E-state index contributed by atoms with van der Waals surface area (Å²) < 4.78 is 75.1. The number of nitrogens with zero attached hydrogens (tertiary/aromatic N) is 4. The van der Waals surface area contributed by atoms with Crippen molar-refractivity contribution in [3.8, 4) is 11.8 Å². The third kappa shape index (κ3) is 8.71. The van der Waals surface area contributed by atoms with Gasteiger partial charge in [-0.2, -0.15) is 13.2 Å². The van der Waals surface area contributed by atoms with E-state index in [0.29, 0.717) is 35.3 Å². The number of carbonyl (C=O) groups excluding carboxylic acids is 1. The number of nitrogens with one attached hydrogen (secondary N) is 1. The van der Waals surface area contributed by atoms with Crippen LogP contribution in [-0.4, -0.2) is 83.7 Å². The molecule has 2 atom stereocenters. The van der Waals surface area contributed by atoms with Gasteiger partial charge >= 0.3 is 11.6 Å². The molecule has 4 heterocycles. The minimum Gasteiger partial charge on any atom is -0.443 e. The van der Waals surface area contributed by atoms with Crippen LogP contribution < -0.4 is 15.7 Å². The number of fused-ring (bicyclic) bond motifs is 1. The first-order valence-electron chi connectivity index (χ1n) is 13.9. The van der Waals surface area contributed by atoms with Gasteiger partial charge in [0.25, 0.3) is 0 Å². The molecule has 0 bridgehead atoms. The van der Waals surface area contributed by atoms with E-state index in [0.717, 1.165) is 0 Å². The van der Waals surface area contributed by atoms with Gasteiger partial charge in [0.15, 0.2) is 0 Å². The molecule has 0 spiro atoms. The Hall–Kier alpha value is -3.20. The van der Waals surface area contributed by atoms with Gasteiger partial charge in [-0.1, -0.05) is 11.8 Å². The lowest BCUT2D eigenvalue weighted by atomic mass is 10.0. The maximum absolute atomic E-state index is 14.8. The molecule has 8 nitrogen and oxygen atoms in total. The molecule has 1 saturated heterocycles. The molecule has 0 aliphatic carbocycles. The monoisotopic (exact) mass is 653 g/mol. The van der Waals surface area contributed by atoms with Gasteiger partial charge in [0.2, 0.25) is 0 Å². The molecule has 0 unspecified atom stereocenters. The summed E-state index contributed by atoms with van der Waals surface area (Å²) in [6, 6.07) is 7.47. The molecule has 14 heteroatoms. The normalized spacial score (nSPS) is 18.0. The lowest BCUT2D eigenvalue weighted by Gasteiger charge is -2.33. The van der Waals surface area contributed by atoms with Gasteiger partial charge in [0.05, 0.1) is 46.7 Å². The Morgan fingerprint density at radius 2 is 1.98 bits per heavy atom. The maximum Gasteiger partial charge on any atom is 0.447 e. The Kier molecular flexibility index (Phi) is 9.98. The number of hydrogen-bond donors (Lipinski definition) is 1. The number of halogens is 4. The second-order valence-electron chi connectivity index (χ2n) is 12.0. The number of piperidine rings is 1. The highest BCUT2D eigenvalue weighted by Crippen LogP contribution is 2.41. The highest BCUT2D eigenvalue weighted by molar-refractivity contribution is 8.00. The molecule has 3 aromatic rings. The van der Waals surface area contributed by atoms with Crippen LogP contribution in [0.25, 0.3) is 5.52 Å². The Bertz CT molecular complexity index is 1610. The summed E-state index contributed by atoms with van der Waals surface area (Å²) >= 11 is -0.297. The summed E-state index contributed by atoms with van der Waals surface area (Å²) in [5.41, 5.74) is -3.71. The van der Waals surface area contributed by atoms with Gasteiger partial charge in [-0.05, 0) is 77.9 Å². The number of anilines is 2. The molecule has 1 aliphatic heterocycles. The smallest absolute Gasteiger partial charge is 0.443 e. The van der Waals surface area contributed by atoms with Crippen LogP contribution in [0.3, 0.4) is 0 Å². The lowest BCUT2D eigenvalue weighted by molar-refractivity contribution is -0.0330. The average Bonchev–Trinajstić information content (AvgIpc) is 3.23. The van der Waals surface area contributed by atoms with Crippen molar-refractivity contribution in [3.63, 3.8) is 0 Å². The molecule has 44 heavy (non-hydrogen) atoms. The summed E-state index contributed by atoms with van der Waals surface area (Å²) in [6.07, 6.45) is 1.56. The second kappa shape index (κ2) is 13.0. The van der Waals surface area contributed by atoms with Crippen molar-refractivity contribution >= 4 is 47.3 Å². The van der Waals surface area contributed by atoms with Crippen molar-refractivity contribution in [2.45, 2.75) is 55.5 Å². The van der Waals surface area contributed by atoms with Crippen LogP contribution in [0.2, 0.25) is 0 Å². The predicted molar refractivity (Wildman–Crippen MR) is 168 cm³/mol. The van der Waals surface area contributed by atoms with E-state index in [1.807, 2.05) is 11.9 Å². The molecule has 3 aromatic heterocycles. The highest BCUT2D eigenvalue weighted by Gasteiger charge is 2.33. The fraction of sp³-hybridized carbons (Fsp3) is 0.467. The van der Waals surface area contributed by atoms with Crippen LogP contribution in [0.5, 0.6) is 0 Å². The maximum atomic E-state index is 14.8. The average molecular weight is 654 g/mol. The first-order valence-corrected chi connectivity index (χ1v) is 17.3. The van der Waals surface area contributed by atoms with Crippen molar-refractivity contribution < 1.29 is 31.7 Å². The standard InChI is InChI=1S/C30H36F4N5O3PS/c1-29(2,3)42-28(40)38(21-11-12-26(35-18-21)43(5,6)41)14-7-9-20-17-25-24(36-23-13-16-37(4)19-22(23)31)10-8-15-39(25)27(20)44-30(32,33)34/h8,10-12,15,17-18,22-23,36H,13-14,16,19H2,1-6H3/t22-,23+/m0/s1. The topological polar surface area (TPSA) is 79.2 Å². The first-order chi connectivity index (χ1) is 20.4. The number of carbonyl (C=O) groups is 1. The van der Waals surface area contributed by atoms with E-state index in [1.54, 1.807) is 58.4 Å². The molecule has 1 amide bonds. The molecule has 0 radical (unpaired) electrons. The van der Waals surface area contributed by atoms with Crippen molar-refractivity contribution in [2.24, 2.45) is 0 Å². The van der Waals surface area contributed by atoms with Gasteiger partial charge in [-0.15, -0.1) is 0 Å². The summed E-state index contributed by atoms with van der Waals surface area (Å²) in [5, 5.41) is 3.04. The first kappa shape index (κ1) is 33.7. The number of thioether (sulfide) groups is 1. The van der Waals surface area contributed by atoms with Crippen molar-refractivity contribution in [3.05, 3.63) is 48.3 Å². The minimum atomic E-state index is -4.60. The highest BCUT2D eigenvalue weighted by atomic mass is 32.2. The Balaban J connectivity index is 1.70. The van der Waals surface area contributed by atoms with E-state index < -0.39 is 36.6 Å². The zero-order valence-corrected chi connectivity index (χ0v) is 27.1. The SMILES string of the molecule is CN1CC[C@@H](Nc2cccn3c(SC(F)(F)F)c(C#CCN(C(=O)OC(C)(C)C)c4ccc(P(C)(C)=O)nc4)cc23)[C@@H](F)C1. The third-order valence-electron chi connectivity index (χ3n) is 6.73. The zero-order valence-electron chi connectivity index (χ0n) is 25.4. The Labute approximate surface area is 258 Å². The van der Waals surface area contributed by atoms with Crippen LogP contribution in [0.1, 0.15) is 32.8 Å². The van der Waals surface area contributed by atoms with Crippen LogP contribution >= 0.6 is 18.9 Å². The molecule has 0 aromatic carbocycles. The van der Waals surface area contributed by atoms with E-state index >= 15 is 0 Å². The summed E-state index contributed by atoms with van der Waals surface area (Å²) in [6.45, 7) is 9.00. The Morgan fingerprint density at radius 3 is 2.57 bits per heavy atom. The van der Waals surface area contributed by atoms with Crippen molar-refractivity contribution in [1.29, 1.82) is 0 Å². The summed E-state index contributed by atoms with van der Waals surface area (Å²) in [4.78, 5) is 20.5. The van der Waals surface area contributed by atoms with Crippen LogP contribution in [0.15, 0.2) is 47.8 Å². The number of pyridine rings is 2. The van der Waals surface area contributed by atoms with E-state index in [2.05, 4.69) is 22.1 Å². The van der Waals surface area contributed by atoms with Gasteiger partial charge in [-0.25, -0.2) is 9.18 Å². The van der Waals surface area contributed by atoms with Crippen molar-refractivity contribution in [1.82, 2.24) is 14.3 Å². The molecule has 1 N–H and O–H groups in total. The molecular weight excluding hydrogens is 617 g/mol. The number of aromatic nitrogens is 2. The molecule has 1 aliphatic rings. The number of amides is 1. The fourth-order valence-electron chi connectivity index (χ4n) is 4.67. The van der Waals surface area contributed by atoms with E-state index in [1.165, 1.54) is 27.8 Å². The fourth-order valence-corrected chi connectivity index (χ4v) is 6.13. The summed E-state index contributed by atoms with van der Waals surface area (Å²) in [7, 11) is -0.805. The molecule has 238 valence electrons. The number of hydrogen-bond acceptors (Lipinski definition) is 7. The van der Waals surface area contributed by atoms with Crippen LogP contribution in [0.4, 0.5) is 33.7 Å². The van der Waals surface area contributed by atoms with Gasteiger partial charge < -0.3 is 23.9 Å². The van der Waals surface area contributed by atoms with E-state index in [9.17, 15) is 26.9 Å². The lowest BCUT2D eigenvalue weighted by Crippen LogP contribution is -2.46. The van der Waals surface area contributed by atoms with Gasteiger partial charge in [0, 0.05) is 31.0 Å². The Morgan fingerprint density at radius 1 is 1.25 bits per heavy atom. The third-order valence-corrected chi connectivity index (χ3v) is 8.94.